The molecule has 16 heavy (non-hydrogen) atoms. The van der Waals surface area contributed by atoms with Crippen molar-refractivity contribution in [3.63, 3.8) is 0 Å². The first-order valence-corrected chi connectivity index (χ1v) is 7.20. The minimum atomic E-state index is 0. The lowest BCUT2D eigenvalue weighted by Crippen LogP contribution is -3.13. The number of quaternary nitrogens is 1. The van der Waals surface area contributed by atoms with Gasteiger partial charge in [-0.15, -0.1) is 0 Å². The molecule has 1 nitrogen and oxygen atoms in total. The van der Waals surface area contributed by atoms with Gasteiger partial charge in [0.1, 0.15) is 0 Å². The van der Waals surface area contributed by atoms with Gasteiger partial charge in [0.25, 0.3) is 0 Å². The second kappa shape index (κ2) is 10.4. The summed E-state index contributed by atoms with van der Waals surface area (Å²) < 4.78 is 0. The van der Waals surface area contributed by atoms with Crippen LogP contribution < -0.4 is 17.3 Å². The molecule has 0 spiro atoms. The van der Waals surface area contributed by atoms with E-state index in [0.717, 1.165) is 5.92 Å². The molecule has 1 saturated heterocycles. The van der Waals surface area contributed by atoms with E-state index in [1.807, 2.05) is 4.90 Å². The molecule has 0 saturated carbocycles. The van der Waals surface area contributed by atoms with E-state index in [1.165, 1.54) is 71.0 Å². The van der Waals surface area contributed by atoms with E-state index in [-0.39, 0.29) is 12.4 Å². The van der Waals surface area contributed by atoms with Crippen molar-refractivity contribution in [2.45, 2.75) is 65.2 Å². The summed E-state index contributed by atoms with van der Waals surface area (Å²) in [5.74, 6) is 1.05. The summed E-state index contributed by atoms with van der Waals surface area (Å²) in [5.41, 5.74) is 0. The molecule has 2 atom stereocenters. The number of halogens is 1. The van der Waals surface area contributed by atoms with Gasteiger partial charge >= 0.3 is 0 Å². The quantitative estimate of drug-likeness (QED) is 0.588. The fourth-order valence-corrected chi connectivity index (χ4v) is 2.94. The van der Waals surface area contributed by atoms with Crippen LogP contribution in [0.25, 0.3) is 0 Å². The van der Waals surface area contributed by atoms with E-state index in [9.17, 15) is 0 Å². The summed E-state index contributed by atoms with van der Waals surface area (Å²) in [5, 5.41) is 0. The van der Waals surface area contributed by atoms with E-state index >= 15 is 0 Å². The van der Waals surface area contributed by atoms with Crippen LogP contribution in [0.15, 0.2) is 0 Å². The van der Waals surface area contributed by atoms with Crippen molar-refractivity contribution in [1.82, 2.24) is 0 Å². The average molecular weight is 248 g/mol. The number of hydrogen-bond acceptors (Lipinski definition) is 0. The van der Waals surface area contributed by atoms with Crippen molar-refractivity contribution in [3.05, 3.63) is 0 Å². The summed E-state index contributed by atoms with van der Waals surface area (Å²) in [4.78, 5) is 1.90. The van der Waals surface area contributed by atoms with Gasteiger partial charge in [-0.25, -0.2) is 0 Å². The summed E-state index contributed by atoms with van der Waals surface area (Å²) in [6, 6.07) is 0. The number of unbranched alkanes of at least 4 members (excludes halogenated alkanes) is 3. The maximum atomic E-state index is 2.33. The second-order valence-corrected chi connectivity index (χ2v) is 5.31. The highest BCUT2D eigenvalue weighted by atomic mass is 35.5. The van der Waals surface area contributed by atoms with Gasteiger partial charge in [0.05, 0.1) is 19.6 Å². The molecule has 0 aliphatic carbocycles. The molecular weight excluding hydrogens is 218 g/mol. The molecule has 1 fully saturated rings. The van der Waals surface area contributed by atoms with Crippen LogP contribution in [0.1, 0.15) is 65.2 Å². The van der Waals surface area contributed by atoms with Gasteiger partial charge in [-0.1, -0.05) is 33.1 Å². The Balaban J connectivity index is 0.00000225. The Labute approximate surface area is 108 Å². The van der Waals surface area contributed by atoms with E-state index in [4.69, 9.17) is 0 Å². The Morgan fingerprint density at radius 2 is 1.88 bits per heavy atom. The van der Waals surface area contributed by atoms with Crippen LogP contribution in [-0.2, 0) is 0 Å². The Bertz CT molecular complexity index is 148. The monoisotopic (exact) mass is 247 g/mol. The lowest BCUT2D eigenvalue weighted by Gasteiger charge is -2.29. The van der Waals surface area contributed by atoms with E-state index < -0.39 is 0 Å². The third-order valence-electron chi connectivity index (χ3n) is 3.80. The summed E-state index contributed by atoms with van der Waals surface area (Å²) in [6.07, 6.45) is 11.6. The molecule has 2 heteroatoms. The largest absolute Gasteiger partial charge is 1.00 e. The van der Waals surface area contributed by atoms with Crippen molar-refractivity contribution < 1.29 is 17.3 Å². The van der Waals surface area contributed by atoms with E-state index in [0.29, 0.717) is 0 Å². The predicted octanol–water partition coefficient (Wildman–Crippen LogP) is -0.334. The molecule has 0 aromatic carbocycles. The van der Waals surface area contributed by atoms with Crippen LogP contribution >= 0.6 is 0 Å². The van der Waals surface area contributed by atoms with Crippen LogP contribution in [0, 0.1) is 5.92 Å². The van der Waals surface area contributed by atoms with Gasteiger partial charge in [0.2, 0.25) is 0 Å². The van der Waals surface area contributed by atoms with Gasteiger partial charge in [-0.3, -0.25) is 0 Å². The van der Waals surface area contributed by atoms with Crippen LogP contribution in [0.5, 0.6) is 0 Å². The Kier molecular flexibility index (Phi) is 10.6. The molecule has 1 aliphatic heterocycles. The summed E-state index contributed by atoms with van der Waals surface area (Å²) in [6.45, 7) is 8.99. The SMILES string of the molecule is CCCCCC[NH+]1CCCC(CCC)C1.[Cl-]. The van der Waals surface area contributed by atoms with Gasteiger partial charge in [-0.05, 0) is 32.1 Å². The van der Waals surface area contributed by atoms with Gasteiger partial charge in [0, 0.05) is 5.92 Å². The third-order valence-corrected chi connectivity index (χ3v) is 3.80. The first-order chi connectivity index (χ1) is 7.36. The Hall–Kier alpha value is 0.250. The molecule has 0 amide bonds. The van der Waals surface area contributed by atoms with Crippen LogP contribution in [0.3, 0.4) is 0 Å². The van der Waals surface area contributed by atoms with Crippen molar-refractivity contribution in [3.8, 4) is 0 Å². The lowest BCUT2D eigenvalue weighted by atomic mass is 9.93. The van der Waals surface area contributed by atoms with Gasteiger partial charge in [0.15, 0.2) is 0 Å². The van der Waals surface area contributed by atoms with Crippen molar-refractivity contribution >= 4 is 0 Å². The van der Waals surface area contributed by atoms with Gasteiger partial charge < -0.3 is 17.3 Å². The van der Waals surface area contributed by atoms with Crippen LogP contribution in [-0.4, -0.2) is 19.6 Å². The van der Waals surface area contributed by atoms with Crippen LogP contribution in [0.2, 0.25) is 0 Å². The Morgan fingerprint density at radius 1 is 1.06 bits per heavy atom. The van der Waals surface area contributed by atoms with Gasteiger partial charge in [-0.2, -0.15) is 0 Å². The molecule has 1 rings (SSSR count). The maximum Gasteiger partial charge on any atom is 0.0799 e. The zero-order chi connectivity index (χ0) is 10.9. The first-order valence-electron chi connectivity index (χ1n) is 7.20. The van der Waals surface area contributed by atoms with Crippen molar-refractivity contribution in [2.75, 3.05) is 19.6 Å². The topological polar surface area (TPSA) is 4.44 Å². The zero-order valence-corrected chi connectivity index (χ0v) is 12.0. The Morgan fingerprint density at radius 3 is 2.56 bits per heavy atom. The van der Waals surface area contributed by atoms with E-state index in [1.54, 1.807) is 0 Å². The fraction of sp³-hybridized carbons (Fsp3) is 1.00. The highest BCUT2D eigenvalue weighted by molar-refractivity contribution is 4.61. The normalized spacial score (nSPS) is 25.1. The molecule has 0 radical (unpaired) electrons. The number of hydrogen-bond donors (Lipinski definition) is 1. The number of nitrogens with one attached hydrogen (secondary N) is 1. The number of piperidine rings is 1. The van der Waals surface area contributed by atoms with Crippen molar-refractivity contribution in [1.29, 1.82) is 0 Å². The van der Waals surface area contributed by atoms with E-state index in [2.05, 4.69) is 13.8 Å². The zero-order valence-electron chi connectivity index (χ0n) is 11.2. The summed E-state index contributed by atoms with van der Waals surface area (Å²) in [7, 11) is 0. The minimum absolute atomic E-state index is 0. The van der Waals surface area contributed by atoms with Crippen LogP contribution in [0.4, 0.5) is 0 Å². The molecule has 98 valence electrons. The molecule has 2 unspecified atom stereocenters. The number of likely N-dealkylation sites (tertiary alicyclic amines) is 1. The molecule has 1 heterocycles. The first kappa shape index (κ1) is 16.2. The molecule has 0 aromatic heterocycles. The third kappa shape index (κ3) is 6.75. The smallest absolute Gasteiger partial charge is 0.0799 e. The second-order valence-electron chi connectivity index (χ2n) is 5.31. The number of rotatable bonds is 7. The average Bonchev–Trinajstić information content (AvgIpc) is 2.26. The van der Waals surface area contributed by atoms with Crippen molar-refractivity contribution in [2.24, 2.45) is 5.92 Å². The molecular formula is C14H30ClN. The lowest BCUT2D eigenvalue weighted by molar-refractivity contribution is -0.909. The summed E-state index contributed by atoms with van der Waals surface area (Å²) >= 11 is 0. The maximum absolute atomic E-state index is 2.33. The predicted molar refractivity (Wildman–Crippen MR) is 67.3 cm³/mol. The highest BCUT2D eigenvalue weighted by Crippen LogP contribution is 2.13. The molecule has 1 N–H and O–H groups in total. The molecule has 0 bridgehead atoms. The molecule has 0 aromatic rings. The highest BCUT2D eigenvalue weighted by Gasteiger charge is 2.21. The fourth-order valence-electron chi connectivity index (χ4n) is 2.94. The minimum Gasteiger partial charge on any atom is -1.00 e. The molecule has 1 aliphatic rings. The standard InChI is InChI=1S/C14H29N.ClH/c1-3-5-6-7-11-15-12-8-10-14(13-15)9-4-2;/h14H,3-13H2,1-2H3;1H.